The topological polar surface area (TPSA) is 106 Å². The first-order valence-corrected chi connectivity index (χ1v) is 14.1. The van der Waals surface area contributed by atoms with E-state index >= 15 is 0 Å². The van der Waals surface area contributed by atoms with Gasteiger partial charge < -0.3 is 18.5 Å². The molecule has 0 saturated carbocycles. The van der Waals surface area contributed by atoms with Gasteiger partial charge in [-0.15, -0.1) is 0 Å². The number of furan rings is 2. The highest BCUT2D eigenvalue weighted by atomic mass is 32.2. The summed E-state index contributed by atoms with van der Waals surface area (Å²) >= 11 is 0. The van der Waals surface area contributed by atoms with E-state index in [1.807, 2.05) is 34.6 Å². The molecule has 0 unspecified atom stereocenters. The molecule has 0 aliphatic carbocycles. The van der Waals surface area contributed by atoms with Gasteiger partial charge in [0.1, 0.15) is 16.8 Å². The number of carbonyl (C=O) groups excluding carboxylic acids is 1. The lowest BCUT2D eigenvalue weighted by Gasteiger charge is -2.29. The average molecular weight is 542 g/mol. The maximum absolute atomic E-state index is 13.9. The highest BCUT2D eigenvalue weighted by Gasteiger charge is 2.28. The Kier molecular flexibility index (Phi) is 8.13. The van der Waals surface area contributed by atoms with Gasteiger partial charge in [0.15, 0.2) is 0 Å². The zero-order chi connectivity index (χ0) is 27.5. The second-order valence-electron chi connectivity index (χ2n) is 10.7. The number of ether oxygens (including phenoxy) is 1. The van der Waals surface area contributed by atoms with Crippen LogP contribution in [0, 0.1) is 5.92 Å². The third kappa shape index (κ3) is 6.54. The molecule has 0 saturated heterocycles. The predicted molar refractivity (Wildman–Crippen MR) is 145 cm³/mol. The molecular formula is C28H35N3O6S. The van der Waals surface area contributed by atoms with Crippen molar-refractivity contribution in [2.75, 3.05) is 19.6 Å². The number of carbonyl (C=O) groups is 1. The largest absolute Gasteiger partial charge is 0.464 e. The fraction of sp³-hybridized carbons (Fsp3) is 0.429. The Bertz CT molecular complexity index is 1500. The third-order valence-electron chi connectivity index (χ3n) is 5.92. The SMILES string of the molecule is CC(C)CN(CCCN(Cc1nccc2occc12)S(=O)(=O)c1ccc2occc2c1)C(=O)OC(C)(C)C. The van der Waals surface area contributed by atoms with Gasteiger partial charge in [-0.1, -0.05) is 13.8 Å². The van der Waals surface area contributed by atoms with Crippen LogP contribution in [0.3, 0.4) is 0 Å². The van der Waals surface area contributed by atoms with Crippen LogP contribution in [0.15, 0.2) is 68.9 Å². The first-order valence-electron chi connectivity index (χ1n) is 12.7. The Hall–Kier alpha value is -3.37. The van der Waals surface area contributed by atoms with Crippen LogP contribution in [0.1, 0.15) is 46.7 Å². The van der Waals surface area contributed by atoms with Crippen LogP contribution in [-0.2, 0) is 21.3 Å². The van der Waals surface area contributed by atoms with Crippen molar-refractivity contribution in [3.05, 3.63) is 60.8 Å². The summed E-state index contributed by atoms with van der Waals surface area (Å²) < 4.78 is 45.6. The van der Waals surface area contributed by atoms with Crippen molar-refractivity contribution in [3.63, 3.8) is 0 Å². The minimum Gasteiger partial charge on any atom is -0.464 e. The number of hydrogen-bond donors (Lipinski definition) is 0. The molecule has 0 aliphatic heterocycles. The van der Waals surface area contributed by atoms with Gasteiger partial charge in [0, 0.05) is 36.6 Å². The van der Waals surface area contributed by atoms with E-state index in [9.17, 15) is 13.2 Å². The van der Waals surface area contributed by atoms with Crippen LogP contribution in [0.4, 0.5) is 4.79 Å². The van der Waals surface area contributed by atoms with Gasteiger partial charge in [-0.25, -0.2) is 13.2 Å². The number of sulfonamides is 1. The van der Waals surface area contributed by atoms with Crippen molar-refractivity contribution in [2.24, 2.45) is 5.92 Å². The molecular weight excluding hydrogens is 506 g/mol. The van der Waals surface area contributed by atoms with Crippen molar-refractivity contribution in [3.8, 4) is 0 Å². The molecule has 1 aromatic carbocycles. The summed E-state index contributed by atoms with van der Waals surface area (Å²) in [5.74, 6) is 0.229. The van der Waals surface area contributed by atoms with Crippen LogP contribution < -0.4 is 0 Å². The summed E-state index contributed by atoms with van der Waals surface area (Å²) in [5.41, 5.74) is 1.22. The number of amides is 1. The fourth-order valence-electron chi connectivity index (χ4n) is 4.25. The van der Waals surface area contributed by atoms with E-state index in [2.05, 4.69) is 4.98 Å². The van der Waals surface area contributed by atoms with Crippen molar-refractivity contribution >= 4 is 38.1 Å². The number of benzene rings is 1. The van der Waals surface area contributed by atoms with E-state index in [0.717, 1.165) is 5.39 Å². The van der Waals surface area contributed by atoms with Gasteiger partial charge in [-0.3, -0.25) is 4.98 Å². The van der Waals surface area contributed by atoms with Crippen LogP contribution in [-0.4, -0.2) is 53.9 Å². The second kappa shape index (κ2) is 11.2. The summed E-state index contributed by atoms with van der Waals surface area (Å²) in [6.07, 6.45) is 4.71. The molecule has 0 N–H and O–H groups in total. The van der Waals surface area contributed by atoms with Crippen LogP contribution in [0.5, 0.6) is 0 Å². The van der Waals surface area contributed by atoms with Gasteiger partial charge in [0.05, 0.1) is 29.7 Å². The Morgan fingerprint density at radius 1 is 1.03 bits per heavy atom. The molecule has 0 spiro atoms. The Labute approximate surface area is 223 Å². The summed E-state index contributed by atoms with van der Waals surface area (Å²) in [7, 11) is -3.90. The minimum atomic E-state index is -3.90. The summed E-state index contributed by atoms with van der Waals surface area (Å²) in [4.78, 5) is 19.1. The quantitative estimate of drug-likeness (QED) is 0.241. The molecule has 0 aliphatic rings. The van der Waals surface area contributed by atoms with Gasteiger partial charge in [0.2, 0.25) is 10.0 Å². The van der Waals surface area contributed by atoms with E-state index < -0.39 is 21.7 Å². The van der Waals surface area contributed by atoms with E-state index in [4.69, 9.17) is 13.6 Å². The van der Waals surface area contributed by atoms with Crippen molar-refractivity contribution in [1.29, 1.82) is 0 Å². The monoisotopic (exact) mass is 541 g/mol. The number of fused-ring (bicyclic) bond motifs is 2. The summed E-state index contributed by atoms with van der Waals surface area (Å²) in [6, 6.07) is 10.1. The Morgan fingerprint density at radius 2 is 1.76 bits per heavy atom. The number of nitrogens with zero attached hydrogens (tertiary/aromatic N) is 3. The van der Waals surface area contributed by atoms with Gasteiger partial charge in [-0.05, 0) is 69.5 Å². The lowest BCUT2D eigenvalue weighted by Crippen LogP contribution is -2.41. The first kappa shape index (κ1) is 27.7. The molecule has 10 heteroatoms. The second-order valence-corrected chi connectivity index (χ2v) is 12.7. The van der Waals surface area contributed by atoms with Crippen LogP contribution in [0.25, 0.3) is 21.9 Å². The predicted octanol–water partition coefficient (Wildman–Crippen LogP) is 6.05. The zero-order valence-electron chi connectivity index (χ0n) is 22.5. The number of aromatic nitrogens is 1. The highest BCUT2D eigenvalue weighted by molar-refractivity contribution is 7.89. The molecule has 0 fully saturated rings. The van der Waals surface area contributed by atoms with Crippen molar-refractivity contribution in [2.45, 2.75) is 58.1 Å². The smallest absolute Gasteiger partial charge is 0.410 e. The van der Waals surface area contributed by atoms with E-state index in [0.29, 0.717) is 41.8 Å². The van der Waals surface area contributed by atoms with E-state index in [1.165, 1.54) is 10.6 Å². The number of hydrogen-bond acceptors (Lipinski definition) is 7. The molecule has 0 atom stereocenters. The van der Waals surface area contributed by atoms with E-state index in [-0.39, 0.29) is 23.9 Å². The Morgan fingerprint density at radius 3 is 2.50 bits per heavy atom. The molecule has 4 aromatic rings. The molecule has 0 bridgehead atoms. The molecule has 0 radical (unpaired) electrons. The molecule has 9 nitrogen and oxygen atoms in total. The average Bonchev–Trinajstić information content (AvgIpc) is 3.50. The van der Waals surface area contributed by atoms with Crippen molar-refractivity contribution in [1.82, 2.24) is 14.2 Å². The molecule has 38 heavy (non-hydrogen) atoms. The van der Waals surface area contributed by atoms with Crippen LogP contribution in [0.2, 0.25) is 0 Å². The highest BCUT2D eigenvalue weighted by Crippen LogP contribution is 2.26. The molecule has 4 rings (SSSR count). The van der Waals surface area contributed by atoms with Gasteiger partial charge in [0.25, 0.3) is 0 Å². The van der Waals surface area contributed by atoms with Gasteiger partial charge in [-0.2, -0.15) is 4.31 Å². The van der Waals surface area contributed by atoms with Crippen LogP contribution >= 0.6 is 0 Å². The lowest BCUT2D eigenvalue weighted by atomic mass is 10.2. The first-order chi connectivity index (χ1) is 17.9. The third-order valence-corrected chi connectivity index (χ3v) is 7.76. The maximum Gasteiger partial charge on any atom is 0.410 e. The summed E-state index contributed by atoms with van der Waals surface area (Å²) in [6.45, 7) is 10.6. The molecule has 3 heterocycles. The fourth-order valence-corrected chi connectivity index (χ4v) is 5.72. The minimum absolute atomic E-state index is 0.0548. The molecule has 1 amide bonds. The number of rotatable bonds is 10. The molecule has 204 valence electrons. The number of pyridine rings is 1. The van der Waals surface area contributed by atoms with Crippen molar-refractivity contribution < 1.29 is 26.8 Å². The Balaban J connectivity index is 1.60. The normalized spacial score (nSPS) is 12.6. The zero-order valence-corrected chi connectivity index (χ0v) is 23.3. The standard InChI is InChI=1S/C28H35N3O6S/c1-20(2)18-30(27(32)37-28(3,4)5)13-6-14-31(19-24-23-11-16-36-26(23)9-12-29-24)38(33,34)22-7-8-25-21(17-22)10-15-35-25/h7-12,15-17,20H,6,13-14,18-19H2,1-5H3. The lowest BCUT2D eigenvalue weighted by molar-refractivity contribution is 0.0224. The summed E-state index contributed by atoms with van der Waals surface area (Å²) in [5, 5.41) is 1.46. The maximum atomic E-state index is 13.9. The van der Waals surface area contributed by atoms with E-state index in [1.54, 1.807) is 53.8 Å². The van der Waals surface area contributed by atoms with Gasteiger partial charge >= 0.3 is 6.09 Å². The molecule has 3 aromatic heterocycles.